The number of nitrogens with two attached hydrogens (primary N) is 1. The van der Waals surface area contributed by atoms with Crippen LogP contribution in [0.2, 0.25) is 0 Å². The quantitative estimate of drug-likeness (QED) is 0.452. The first-order valence-electron chi connectivity index (χ1n) is 12.3. The van der Waals surface area contributed by atoms with Gasteiger partial charge in [0.05, 0.1) is 43.0 Å². The molecule has 1 amide bonds. The van der Waals surface area contributed by atoms with Gasteiger partial charge in [0.25, 0.3) is 5.91 Å². The molecule has 5 rings (SSSR count). The Morgan fingerprint density at radius 1 is 1.18 bits per heavy atom. The molecule has 2 saturated heterocycles. The number of hydrogen-bond acceptors (Lipinski definition) is 7. The van der Waals surface area contributed by atoms with Crippen molar-refractivity contribution in [2.45, 2.75) is 36.8 Å². The van der Waals surface area contributed by atoms with Crippen molar-refractivity contribution < 1.29 is 36.6 Å². The van der Waals surface area contributed by atoms with E-state index in [1.807, 2.05) is 0 Å². The van der Waals surface area contributed by atoms with E-state index in [0.29, 0.717) is 18.5 Å². The van der Waals surface area contributed by atoms with E-state index in [1.54, 1.807) is 7.05 Å². The van der Waals surface area contributed by atoms with Crippen LogP contribution in [0.15, 0.2) is 30.5 Å². The Balaban J connectivity index is 1.42. The first kappa shape index (κ1) is 27.2. The van der Waals surface area contributed by atoms with Gasteiger partial charge < -0.3 is 25.3 Å². The molecule has 39 heavy (non-hydrogen) atoms. The van der Waals surface area contributed by atoms with Gasteiger partial charge in [-0.15, -0.1) is 0 Å². The average Bonchev–Trinajstić information content (AvgIpc) is 3.14. The predicted molar refractivity (Wildman–Crippen MR) is 131 cm³/mol. The lowest BCUT2D eigenvalue weighted by molar-refractivity contribution is -0.202. The highest BCUT2D eigenvalue weighted by molar-refractivity contribution is 6.03. The van der Waals surface area contributed by atoms with Gasteiger partial charge in [-0.2, -0.15) is 5.10 Å². The molecule has 3 N–H and O–H groups in total. The van der Waals surface area contributed by atoms with E-state index in [1.165, 1.54) is 18.0 Å². The van der Waals surface area contributed by atoms with Crippen molar-refractivity contribution in [1.82, 2.24) is 14.8 Å². The monoisotopic (exact) mass is 549 g/mol. The predicted octanol–water partition coefficient (Wildman–Crippen LogP) is 3.54. The SMILES string of the molecule is COC1(c2cc(F)c(-c3nc(C(=O)Nc4cnn(C)c4[C@@H]4CC[C@@H](N)[C@H](F)CO4)ccc3F)c(F)c2)COC1. The number of ether oxygens (including phenoxy) is 3. The number of pyridine rings is 1. The molecule has 13 heteroatoms. The molecule has 0 radical (unpaired) electrons. The number of halogens is 4. The van der Waals surface area contributed by atoms with Gasteiger partial charge in [-0.25, -0.2) is 22.5 Å². The zero-order valence-corrected chi connectivity index (χ0v) is 21.2. The topological polar surface area (TPSA) is 114 Å². The number of hydrogen-bond donors (Lipinski definition) is 2. The summed E-state index contributed by atoms with van der Waals surface area (Å²) in [7, 11) is 3.04. The van der Waals surface area contributed by atoms with Gasteiger partial charge in [0, 0.05) is 20.2 Å². The largest absolute Gasteiger partial charge is 0.375 e. The minimum absolute atomic E-state index is 0.118. The first-order chi connectivity index (χ1) is 18.6. The Morgan fingerprint density at radius 2 is 1.90 bits per heavy atom. The molecule has 4 heterocycles. The highest BCUT2D eigenvalue weighted by atomic mass is 19.1. The molecule has 208 valence electrons. The van der Waals surface area contributed by atoms with E-state index in [0.717, 1.165) is 24.3 Å². The smallest absolute Gasteiger partial charge is 0.274 e. The molecule has 2 fully saturated rings. The standard InChI is InChI=1S/C26H27F4N5O4/c1-35-24(21-6-4-18(31)17(30)10-39-21)20(9-32-35)34-25(36)19-5-3-14(27)23(33-19)22-15(28)7-13(8-16(22)29)26(37-2)11-38-12-26/h3,5,7-9,17-18,21H,4,6,10-12,31H2,1-2H3,(H,34,36)/t17-,18-,21+/m1/s1. The number of anilines is 1. The number of methoxy groups -OCH3 is 1. The number of aryl methyl sites for hydroxylation is 1. The number of benzene rings is 1. The summed E-state index contributed by atoms with van der Waals surface area (Å²) >= 11 is 0. The van der Waals surface area contributed by atoms with Crippen LogP contribution in [0.4, 0.5) is 23.2 Å². The fraction of sp³-hybridized carbons (Fsp3) is 0.423. The lowest BCUT2D eigenvalue weighted by Crippen LogP contribution is -2.48. The van der Waals surface area contributed by atoms with E-state index in [9.17, 15) is 13.6 Å². The summed E-state index contributed by atoms with van der Waals surface area (Å²) in [5, 5.41) is 6.79. The van der Waals surface area contributed by atoms with Crippen molar-refractivity contribution in [2.75, 3.05) is 32.2 Å². The first-order valence-corrected chi connectivity index (χ1v) is 12.3. The molecule has 0 unspecified atom stereocenters. The third-order valence-electron chi connectivity index (χ3n) is 7.17. The van der Waals surface area contributed by atoms with Gasteiger partial charge in [-0.1, -0.05) is 0 Å². The molecule has 9 nitrogen and oxygen atoms in total. The lowest BCUT2D eigenvalue weighted by Gasteiger charge is -2.40. The van der Waals surface area contributed by atoms with E-state index in [4.69, 9.17) is 19.9 Å². The van der Waals surface area contributed by atoms with Crippen molar-refractivity contribution in [3.05, 3.63) is 64.9 Å². The van der Waals surface area contributed by atoms with Gasteiger partial charge in [0.1, 0.15) is 46.7 Å². The number of rotatable bonds is 6. The van der Waals surface area contributed by atoms with Crippen molar-refractivity contribution in [2.24, 2.45) is 12.8 Å². The van der Waals surface area contributed by atoms with Gasteiger partial charge in [0.2, 0.25) is 0 Å². The van der Waals surface area contributed by atoms with Gasteiger partial charge >= 0.3 is 0 Å². The van der Waals surface area contributed by atoms with Crippen LogP contribution in [0.25, 0.3) is 11.3 Å². The molecule has 0 spiro atoms. The van der Waals surface area contributed by atoms with Crippen LogP contribution in [0.3, 0.4) is 0 Å². The van der Waals surface area contributed by atoms with Crippen LogP contribution in [0.1, 0.15) is 40.7 Å². The molecule has 3 aromatic rings. The molecule has 2 aromatic heterocycles. The maximum atomic E-state index is 15.1. The maximum absolute atomic E-state index is 15.1. The third-order valence-corrected chi connectivity index (χ3v) is 7.17. The van der Waals surface area contributed by atoms with Crippen LogP contribution >= 0.6 is 0 Å². The molecule has 0 saturated carbocycles. The molecule has 0 aliphatic carbocycles. The van der Waals surface area contributed by atoms with Crippen LogP contribution < -0.4 is 11.1 Å². The Bertz CT molecular complexity index is 1360. The molecule has 3 atom stereocenters. The second-order valence-electron chi connectivity index (χ2n) is 9.63. The number of amides is 1. The Morgan fingerprint density at radius 3 is 2.54 bits per heavy atom. The molecular weight excluding hydrogens is 522 g/mol. The van der Waals surface area contributed by atoms with E-state index in [-0.39, 0.29) is 36.8 Å². The second-order valence-corrected chi connectivity index (χ2v) is 9.63. The minimum Gasteiger partial charge on any atom is -0.375 e. The molecule has 0 bridgehead atoms. The van der Waals surface area contributed by atoms with Crippen molar-refractivity contribution in [1.29, 1.82) is 0 Å². The van der Waals surface area contributed by atoms with Crippen molar-refractivity contribution >= 4 is 11.6 Å². The normalized spacial score (nSPS) is 22.7. The third kappa shape index (κ3) is 5.02. The molecule has 2 aliphatic rings. The molecule has 1 aromatic carbocycles. The Hall–Kier alpha value is -3.39. The maximum Gasteiger partial charge on any atom is 0.274 e. The van der Waals surface area contributed by atoms with Crippen LogP contribution in [0.5, 0.6) is 0 Å². The Kier molecular flexibility index (Phi) is 7.42. The van der Waals surface area contributed by atoms with Crippen LogP contribution in [0, 0.1) is 17.5 Å². The fourth-order valence-electron chi connectivity index (χ4n) is 4.76. The number of nitrogens with zero attached hydrogens (tertiary/aromatic N) is 3. The fourth-order valence-corrected chi connectivity index (χ4v) is 4.76. The number of alkyl halides is 1. The van der Waals surface area contributed by atoms with Crippen LogP contribution in [-0.2, 0) is 26.9 Å². The lowest BCUT2D eigenvalue weighted by atomic mass is 9.90. The average molecular weight is 550 g/mol. The van der Waals surface area contributed by atoms with Crippen molar-refractivity contribution in [3.63, 3.8) is 0 Å². The zero-order valence-electron chi connectivity index (χ0n) is 21.2. The number of carbonyl (C=O) groups excluding carboxylic acids is 1. The summed E-state index contributed by atoms with van der Waals surface area (Å²) in [4.78, 5) is 17.0. The summed E-state index contributed by atoms with van der Waals surface area (Å²) in [5.74, 6) is -3.93. The highest BCUT2D eigenvalue weighted by Crippen LogP contribution is 2.37. The van der Waals surface area contributed by atoms with Gasteiger partial charge in [-0.05, 0) is 42.7 Å². The van der Waals surface area contributed by atoms with Crippen molar-refractivity contribution in [3.8, 4) is 11.3 Å². The van der Waals surface area contributed by atoms with E-state index in [2.05, 4.69) is 15.4 Å². The van der Waals surface area contributed by atoms with Gasteiger partial charge in [-0.3, -0.25) is 9.48 Å². The van der Waals surface area contributed by atoms with Gasteiger partial charge in [0.15, 0.2) is 0 Å². The minimum atomic E-state index is -1.32. The Labute approximate surface area is 221 Å². The summed E-state index contributed by atoms with van der Waals surface area (Å²) < 4.78 is 76.7. The summed E-state index contributed by atoms with van der Waals surface area (Å²) in [6.07, 6.45) is 0.233. The summed E-state index contributed by atoms with van der Waals surface area (Å²) in [5.41, 5.74) is 4.09. The zero-order chi connectivity index (χ0) is 27.9. The van der Waals surface area contributed by atoms with E-state index < -0.39 is 58.5 Å². The molecule has 2 aliphatic heterocycles. The summed E-state index contributed by atoms with van der Waals surface area (Å²) in [6, 6.07) is 3.42. The van der Waals surface area contributed by atoms with Crippen LogP contribution in [-0.4, -0.2) is 59.8 Å². The number of carbonyl (C=O) groups is 1. The highest BCUT2D eigenvalue weighted by Gasteiger charge is 2.42. The summed E-state index contributed by atoms with van der Waals surface area (Å²) in [6.45, 7) is 0.0302. The van der Waals surface area contributed by atoms with E-state index >= 15 is 8.78 Å². The number of aromatic nitrogens is 3. The molecular formula is C26H27F4N5O4. The number of nitrogens with one attached hydrogen (secondary N) is 1. The second kappa shape index (κ2) is 10.6.